The number of para-hydroxylation sites is 1. The Morgan fingerprint density at radius 3 is 1.83 bits per heavy atom. The normalized spacial score (nSPS) is 15.3. The second-order valence-corrected chi connectivity index (χ2v) is 35.7. The quantitative estimate of drug-likeness (QED) is 0.0173. The molecule has 0 saturated carbocycles. The Bertz CT molecular complexity index is 4600. The maximum atomic E-state index is 14.9. The molecule has 0 bridgehead atoms. The van der Waals surface area contributed by atoms with Crippen molar-refractivity contribution in [1.82, 2.24) is 66.9 Å². The van der Waals surface area contributed by atoms with Crippen LogP contribution < -0.4 is 53.2 Å². The average molecular weight is 1840 g/mol. The van der Waals surface area contributed by atoms with E-state index in [0.717, 1.165) is 21.6 Å². The Hall–Kier alpha value is -11.5. The molecule has 7 rings (SSSR count). The molecule has 11 N–H and O–H groups in total. The van der Waals surface area contributed by atoms with E-state index in [-0.39, 0.29) is 166 Å². The highest BCUT2D eigenvalue weighted by Crippen LogP contribution is 2.42. The van der Waals surface area contributed by atoms with Gasteiger partial charge >= 0.3 is 18.1 Å². The maximum Gasteiger partial charge on any atom is 0.410 e. The van der Waals surface area contributed by atoms with E-state index in [0.29, 0.717) is 66.2 Å². The van der Waals surface area contributed by atoms with Crippen LogP contribution in [0.2, 0.25) is 0 Å². The van der Waals surface area contributed by atoms with Gasteiger partial charge in [0.15, 0.2) is 0 Å². The molecule has 1 saturated heterocycles. The van der Waals surface area contributed by atoms with Crippen molar-refractivity contribution < 1.29 is 101 Å². The summed E-state index contributed by atoms with van der Waals surface area (Å²) in [5.41, 5.74) is 10.8. The molecule has 0 spiro atoms. The number of hydrogen-bond acceptors (Lipinski definition) is 22. The van der Waals surface area contributed by atoms with E-state index in [9.17, 15) is 67.4 Å². The molecule has 37 heteroatoms. The zero-order valence-corrected chi connectivity index (χ0v) is 79.4. The predicted octanol–water partition coefficient (Wildman–Crippen LogP) is 7.15. The van der Waals surface area contributed by atoms with Gasteiger partial charge in [-0.25, -0.2) is 19.1 Å². The van der Waals surface area contributed by atoms with Crippen LogP contribution in [0.15, 0.2) is 103 Å². The third kappa shape index (κ3) is 33.0. The fraction of sp³-hybridized carbons (Fsp3) is 0.589. The topological polar surface area (TPSA) is 473 Å². The minimum absolute atomic E-state index is 0.0147. The number of carbonyl (C=O) groups excluding carboxylic acids is 12. The number of aromatic nitrogens is 3. The lowest BCUT2D eigenvalue weighted by molar-refractivity contribution is -0.148. The zero-order chi connectivity index (χ0) is 96.9. The molecule has 2 aliphatic heterocycles. The lowest BCUT2D eigenvalue weighted by atomic mass is 9.89. The lowest BCUT2D eigenvalue weighted by Crippen LogP contribution is -2.60. The SMILES string of the molecule is CC[C@H](C)[C@@H]([C@@H](CC(=O)N1CCC[C@H]1[C@H](OC)[C@@H](C)C(=O)N[C@H](Cc1ccccc1)C(=O)O)OC)N(C)C(=O)[C@@H](NC(=O)[C@H](C(C)C)N(C)C(=O)OCc1ccc(NC(=O)[C@H](CCCNC(N)=O)NC(=O)[C@@H](NC(=O)CCOCCOCCOCCOCCNC(=O)CCC(=O)N2Cc3ccccc3-c3nnn(CC(=O)NCC(C)(C)C)c3-c3ccccc32)C(C)C)cc1)C(C)C. The molecule has 37 nitrogen and oxygen atoms in total. The molecule has 13 amide bonds. The van der Waals surface area contributed by atoms with E-state index in [1.807, 2.05) is 89.2 Å². The number of benzene rings is 4. The van der Waals surface area contributed by atoms with Gasteiger partial charge < -0.3 is 101 Å². The fourth-order valence-electron chi connectivity index (χ4n) is 16.0. The summed E-state index contributed by atoms with van der Waals surface area (Å²) >= 11 is 0. The Morgan fingerprint density at radius 1 is 0.598 bits per heavy atom. The van der Waals surface area contributed by atoms with Gasteiger partial charge in [-0.15, -0.1) is 5.10 Å². The number of fused-ring (bicyclic) bond motifs is 5. The summed E-state index contributed by atoms with van der Waals surface area (Å²) in [5.74, 6) is -8.03. The molecule has 1 fully saturated rings. The number of carboxylic acid groups (broad SMARTS) is 1. The number of hydrogen-bond donors (Lipinski definition) is 10. The standard InChI is InChI=1S/C95H140N16O21/c1-17-62(8)84(74(126-15)54-79(116)109-44-26-34-73(109)86(127-16)63(9)87(117)102-71(92(122)123)53-64-27-19-18-20-28-64)107(13)91(121)81(60(4)5)104-90(120)83(61(6)7)108(14)94(125)132-57-65-35-37-67(38-36-65)100-88(118)70(32-25-42-98-93(96)124)101-89(119)80(59(2)3)103-76(113)41-45-128-47-49-130-51-52-131-50-48-129-46-43-97-75(112)39-40-78(115)110-55-66-29-21-22-30-68(66)82-85(69-31-23-24-33-72(69)110)111(106-105-82)56-77(114)99-58-95(10,11)12/h18-24,27-31,33,35-38,59-63,70-71,73-74,80-81,83-84,86H,17,25-26,32,34,39-58H2,1-16H3,(H,97,112)(H,99,114)(H,100,118)(H,101,119)(H,102,117)(H,103,113)(H,104,120)(H,122,123)(H3,96,98,124)/t62-,63+,70-,71+,73-,74+,80-,81-,83-,84-,86+/m0/s1. The van der Waals surface area contributed by atoms with Crippen LogP contribution in [0.1, 0.15) is 158 Å². The maximum absolute atomic E-state index is 14.9. The Labute approximate surface area is 774 Å². The minimum atomic E-state index is -1.20. The number of carboxylic acids is 1. The van der Waals surface area contributed by atoms with Crippen molar-refractivity contribution in [2.45, 2.75) is 221 Å². The fourth-order valence-corrected chi connectivity index (χ4v) is 16.0. The first kappa shape index (κ1) is 108. The number of ether oxygens (including phenoxy) is 7. The van der Waals surface area contributed by atoms with Crippen molar-refractivity contribution in [3.8, 4) is 22.5 Å². The van der Waals surface area contributed by atoms with Gasteiger partial charge in [0, 0.05) is 97.0 Å². The van der Waals surface area contributed by atoms with Crippen LogP contribution in [0, 0.1) is 35.0 Å². The van der Waals surface area contributed by atoms with Gasteiger partial charge in [-0.1, -0.05) is 180 Å². The second kappa shape index (κ2) is 53.9. The molecule has 4 aromatic carbocycles. The van der Waals surface area contributed by atoms with Gasteiger partial charge in [0.1, 0.15) is 49.1 Å². The molecule has 3 heterocycles. The summed E-state index contributed by atoms with van der Waals surface area (Å²) in [4.78, 5) is 183. The number of aliphatic carboxylic acids is 1. The van der Waals surface area contributed by atoms with Crippen LogP contribution in [0.4, 0.5) is 21.0 Å². The number of nitrogens with two attached hydrogens (primary N) is 1. The van der Waals surface area contributed by atoms with E-state index >= 15 is 0 Å². The highest BCUT2D eigenvalue weighted by molar-refractivity contribution is 6.02. The number of carbonyl (C=O) groups is 13. The monoisotopic (exact) mass is 1840 g/mol. The van der Waals surface area contributed by atoms with Gasteiger partial charge in [0.05, 0.1) is 107 Å². The van der Waals surface area contributed by atoms with Gasteiger partial charge in [-0.2, -0.15) is 0 Å². The van der Waals surface area contributed by atoms with Gasteiger partial charge in [-0.3, -0.25) is 52.8 Å². The minimum Gasteiger partial charge on any atom is -0.480 e. The second-order valence-electron chi connectivity index (χ2n) is 35.7. The van der Waals surface area contributed by atoms with Crippen molar-refractivity contribution in [3.63, 3.8) is 0 Å². The predicted molar refractivity (Wildman–Crippen MR) is 494 cm³/mol. The summed E-state index contributed by atoms with van der Waals surface area (Å²) in [5, 5.41) is 41.2. The van der Waals surface area contributed by atoms with Crippen LogP contribution in [-0.4, -0.2) is 274 Å². The Balaban J connectivity index is 0.798. The molecule has 2 aliphatic rings. The number of amides is 13. The molecule has 132 heavy (non-hydrogen) atoms. The van der Waals surface area contributed by atoms with Crippen molar-refractivity contribution in [2.24, 2.45) is 40.7 Å². The van der Waals surface area contributed by atoms with E-state index in [1.54, 1.807) is 119 Å². The average Bonchev–Trinajstić information content (AvgIpc) is 1.55. The van der Waals surface area contributed by atoms with Crippen LogP contribution in [0.25, 0.3) is 22.5 Å². The van der Waals surface area contributed by atoms with E-state index in [4.69, 9.17) is 38.9 Å². The summed E-state index contributed by atoms with van der Waals surface area (Å²) < 4.78 is 41.8. The lowest BCUT2D eigenvalue weighted by Gasteiger charge is -2.41. The number of likely N-dealkylation sites (tertiary alicyclic amines) is 1. The van der Waals surface area contributed by atoms with E-state index in [1.165, 1.54) is 26.2 Å². The first-order valence-electron chi connectivity index (χ1n) is 45.6. The van der Waals surface area contributed by atoms with Crippen LogP contribution in [0.5, 0.6) is 0 Å². The number of urea groups is 1. The zero-order valence-electron chi connectivity index (χ0n) is 79.4. The number of nitrogens with one attached hydrogen (secondary N) is 8. The summed E-state index contributed by atoms with van der Waals surface area (Å²) in [6.07, 6.45) is -0.752. The molecule has 726 valence electrons. The smallest absolute Gasteiger partial charge is 0.410 e. The first-order chi connectivity index (χ1) is 62.9. The highest BCUT2D eigenvalue weighted by Gasteiger charge is 2.45. The number of nitrogens with zero attached hydrogens (tertiary/aromatic N) is 7. The Kier molecular flexibility index (Phi) is 43.9. The van der Waals surface area contributed by atoms with Gasteiger partial charge in [-0.05, 0) is 89.7 Å². The number of primary amides is 1. The number of anilines is 2. The van der Waals surface area contributed by atoms with Crippen molar-refractivity contribution in [3.05, 3.63) is 120 Å². The van der Waals surface area contributed by atoms with Crippen molar-refractivity contribution in [1.29, 1.82) is 0 Å². The number of methoxy groups -OCH3 is 2. The van der Waals surface area contributed by atoms with Gasteiger partial charge in [0.2, 0.25) is 59.1 Å². The molecular formula is C95H140N16O21. The Morgan fingerprint density at radius 2 is 1.22 bits per heavy atom. The summed E-state index contributed by atoms with van der Waals surface area (Å²) in [6, 6.07) is 22.7. The van der Waals surface area contributed by atoms with E-state index < -0.39 is 132 Å². The third-order valence-corrected chi connectivity index (χ3v) is 23.4. The van der Waals surface area contributed by atoms with Crippen molar-refractivity contribution >= 4 is 88.5 Å². The van der Waals surface area contributed by atoms with Crippen molar-refractivity contribution in [2.75, 3.05) is 118 Å². The summed E-state index contributed by atoms with van der Waals surface area (Å²) in [6.45, 7) is 24.9. The molecule has 11 atom stereocenters. The molecule has 1 aromatic heterocycles. The number of likely N-dealkylation sites (N-methyl/N-ethyl adjacent to an activating group) is 2. The van der Waals surface area contributed by atoms with Crippen LogP contribution in [-0.2, 0) is 112 Å². The molecular weight excluding hydrogens is 1700 g/mol. The summed E-state index contributed by atoms with van der Waals surface area (Å²) in [7, 11) is 5.96. The largest absolute Gasteiger partial charge is 0.480 e. The molecule has 0 aliphatic carbocycles. The number of rotatable bonds is 54. The highest BCUT2D eigenvalue weighted by atomic mass is 16.6. The van der Waals surface area contributed by atoms with Crippen LogP contribution in [0.3, 0.4) is 0 Å². The van der Waals surface area contributed by atoms with E-state index in [2.05, 4.69) is 52.8 Å². The molecule has 5 aromatic rings. The van der Waals surface area contributed by atoms with Crippen LogP contribution >= 0.6 is 0 Å². The molecule has 0 radical (unpaired) electrons. The molecule has 0 unspecified atom stereocenters. The van der Waals surface area contributed by atoms with Gasteiger partial charge in [0.25, 0.3) is 0 Å². The third-order valence-electron chi connectivity index (χ3n) is 23.4. The first-order valence-corrected chi connectivity index (χ1v) is 45.6.